The average molecular weight is 262 g/mol. The van der Waals surface area contributed by atoms with Crippen LogP contribution in [0.3, 0.4) is 0 Å². The predicted molar refractivity (Wildman–Crippen MR) is 75.3 cm³/mol. The molecule has 2 aromatic rings. The summed E-state index contributed by atoms with van der Waals surface area (Å²) in [4.78, 5) is 0. The molecule has 0 bridgehead atoms. The highest BCUT2D eigenvalue weighted by atomic mass is 19.1. The molecule has 1 aliphatic carbocycles. The van der Waals surface area contributed by atoms with Crippen LogP contribution < -0.4 is 4.74 Å². The maximum absolute atomic E-state index is 13.8. The molecule has 1 saturated carbocycles. The molecular formula is C16H19FO2. The van der Waals surface area contributed by atoms with Crippen molar-refractivity contribution in [1.82, 2.24) is 0 Å². The second-order valence-corrected chi connectivity index (χ2v) is 4.55. The summed E-state index contributed by atoms with van der Waals surface area (Å²) in [6.07, 6.45) is 2.14. The molecule has 0 amide bonds. The second kappa shape index (κ2) is 5.47. The third kappa shape index (κ3) is 2.80. The highest BCUT2D eigenvalue weighted by Crippen LogP contribution is 2.37. The number of ether oxygens (including phenoxy) is 1. The van der Waals surface area contributed by atoms with E-state index in [-0.39, 0.29) is 17.7 Å². The molecule has 0 spiro atoms. The summed E-state index contributed by atoms with van der Waals surface area (Å²) in [6.45, 7) is 5.85. The zero-order chi connectivity index (χ0) is 14.0. The monoisotopic (exact) mass is 262 g/mol. The van der Waals surface area contributed by atoms with Crippen molar-refractivity contribution in [3.63, 3.8) is 0 Å². The van der Waals surface area contributed by atoms with Gasteiger partial charge in [-0.3, -0.25) is 0 Å². The Labute approximate surface area is 112 Å². The van der Waals surface area contributed by atoms with Gasteiger partial charge in [-0.15, -0.1) is 0 Å². The Bertz CT molecular complexity index is 589. The number of aromatic hydroxyl groups is 1. The Kier molecular flexibility index (Phi) is 3.93. The van der Waals surface area contributed by atoms with Gasteiger partial charge in [-0.25, -0.2) is 4.39 Å². The van der Waals surface area contributed by atoms with Gasteiger partial charge in [0.1, 0.15) is 5.75 Å². The number of aryl methyl sites for hydroxylation is 1. The zero-order valence-electron chi connectivity index (χ0n) is 11.5. The largest absolute Gasteiger partial charge is 0.508 e. The van der Waals surface area contributed by atoms with Crippen LogP contribution in [0.4, 0.5) is 4.39 Å². The molecule has 0 unspecified atom stereocenters. The molecule has 0 heterocycles. The van der Waals surface area contributed by atoms with Crippen LogP contribution in [-0.2, 0) is 0 Å². The number of fused-ring (bicyclic) bond motifs is 1. The summed E-state index contributed by atoms with van der Waals surface area (Å²) in [6, 6.07) is 6.30. The summed E-state index contributed by atoms with van der Waals surface area (Å²) in [5.41, 5.74) is 0.829. The van der Waals surface area contributed by atoms with E-state index in [1.807, 2.05) is 20.8 Å². The summed E-state index contributed by atoms with van der Waals surface area (Å²) in [5.74, 6) is 0.180. The Hall–Kier alpha value is -1.77. The lowest BCUT2D eigenvalue weighted by atomic mass is 10.0. The van der Waals surface area contributed by atoms with E-state index in [4.69, 9.17) is 4.74 Å². The van der Waals surface area contributed by atoms with Gasteiger partial charge in [-0.05, 0) is 48.9 Å². The van der Waals surface area contributed by atoms with E-state index in [2.05, 4.69) is 0 Å². The number of benzene rings is 2. The normalized spacial score (nSPS) is 13.9. The van der Waals surface area contributed by atoms with E-state index < -0.39 is 0 Å². The number of rotatable bonds is 2. The Morgan fingerprint density at radius 2 is 1.89 bits per heavy atom. The highest BCUT2D eigenvalue weighted by Gasteiger charge is 2.26. The van der Waals surface area contributed by atoms with Gasteiger partial charge in [0.05, 0.1) is 6.10 Å². The van der Waals surface area contributed by atoms with Crippen molar-refractivity contribution in [1.29, 1.82) is 0 Å². The van der Waals surface area contributed by atoms with E-state index in [1.165, 1.54) is 6.07 Å². The van der Waals surface area contributed by atoms with E-state index in [0.29, 0.717) is 5.75 Å². The van der Waals surface area contributed by atoms with Crippen molar-refractivity contribution in [2.24, 2.45) is 0 Å². The van der Waals surface area contributed by atoms with Crippen molar-refractivity contribution >= 4 is 10.8 Å². The van der Waals surface area contributed by atoms with Crippen LogP contribution in [-0.4, -0.2) is 11.2 Å². The van der Waals surface area contributed by atoms with Gasteiger partial charge in [0.25, 0.3) is 0 Å². The van der Waals surface area contributed by atoms with Gasteiger partial charge in [-0.2, -0.15) is 0 Å². The first-order valence-electron chi connectivity index (χ1n) is 6.73. The molecular weight excluding hydrogens is 243 g/mol. The van der Waals surface area contributed by atoms with Crippen LogP contribution in [0.2, 0.25) is 0 Å². The third-order valence-corrected chi connectivity index (χ3v) is 3.01. The lowest BCUT2D eigenvalue weighted by Crippen LogP contribution is -2.00. The minimum absolute atomic E-state index is 0.156. The number of hydrogen-bond acceptors (Lipinski definition) is 2. The van der Waals surface area contributed by atoms with Gasteiger partial charge in [0.15, 0.2) is 11.6 Å². The molecule has 0 aliphatic heterocycles. The smallest absolute Gasteiger partial charge is 0.165 e. The van der Waals surface area contributed by atoms with Gasteiger partial charge >= 0.3 is 0 Å². The topological polar surface area (TPSA) is 29.5 Å². The van der Waals surface area contributed by atoms with Crippen LogP contribution in [0.1, 0.15) is 32.3 Å². The Morgan fingerprint density at radius 3 is 2.53 bits per heavy atom. The number of phenols is 1. The molecule has 102 valence electrons. The van der Waals surface area contributed by atoms with Gasteiger partial charge < -0.3 is 9.84 Å². The third-order valence-electron chi connectivity index (χ3n) is 3.01. The van der Waals surface area contributed by atoms with Crippen molar-refractivity contribution in [2.45, 2.75) is 39.7 Å². The van der Waals surface area contributed by atoms with Gasteiger partial charge in [0, 0.05) is 5.39 Å². The summed E-state index contributed by atoms with van der Waals surface area (Å²) in [5, 5.41) is 11.1. The van der Waals surface area contributed by atoms with E-state index in [9.17, 15) is 9.50 Å². The molecule has 2 nitrogen and oxygen atoms in total. The van der Waals surface area contributed by atoms with Crippen LogP contribution in [0.15, 0.2) is 24.3 Å². The molecule has 19 heavy (non-hydrogen) atoms. The standard InChI is InChI=1S/C14H13FO2.C2H6/c1-8-6-10(16)7-9-2-5-12(15)14(13(8)9)17-11-3-4-11;1-2/h2,5-7,11,16H,3-4H2,1H3;1-2H3. The Morgan fingerprint density at radius 1 is 1.21 bits per heavy atom. The molecule has 0 saturated heterocycles. The van der Waals surface area contributed by atoms with Crippen LogP contribution >= 0.6 is 0 Å². The first kappa shape index (κ1) is 13.7. The fraction of sp³-hybridized carbons (Fsp3) is 0.375. The van der Waals surface area contributed by atoms with E-state index in [0.717, 1.165) is 29.2 Å². The van der Waals surface area contributed by atoms with Crippen molar-refractivity contribution in [2.75, 3.05) is 0 Å². The molecule has 0 radical (unpaired) electrons. The lowest BCUT2D eigenvalue weighted by Gasteiger charge is -2.12. The summed E-state index contributed by atoms with van der Waals surface area (Å²) >= 11 is 0. The van der Waals surface area contributed by atoms with E-state index >= 15 is 0 Å². The van der Waals surface area contributed by atoms with Crippen molar-refractivity contribution in [3.8, 4) is 11.5 Å². The average Bonchev–Trinajstić information content (AvgIpc) is 3.19. The molecule has 0 atom stereocenters. The molecule has 1 fully saturated rings. The SMILES string of the molecule is CC.Cc1cc(O)cc2ccc(F)c(OC3CC3)c12. The van der Waals surface area contributed by atoms with Gasteiger partial charge in [-0.1, -0.05) is 19.9 Å². The van der Waals surface area contributed by atoms with Crippen molar-refractivity contribution < 1.29 is 14.2 Å². The predicted octanol–water partition coefficient (Wildman–Crippen LogP) is 4.56. The molecule has 3 heteroatoms. The Balaban J connectivity index is 0.000000637. The van der Waals surface area contributed by atoms with Crippen LogP contribution in [0.5, 0.6) is 11.5 Å². The quantitative estimate of drug-likeness (QED) is 0.859. The molecule has 1 N–H and O–H groups in total. The van der Waals surface area contributed by atoms with Gasteiger partial charge in [0.2, 0.25) is 0 Å². The number of halogens is 1. The molecule has 0 aromatic heterocycles. The zero-order valence-corrected chi connectivity index (χ0v) is 11.5. The number of hydrogen-bond donors (Lipinski definition) is 1. The van der Waals surface area contributed by atoms with E-state index in [1.54, 1.807) is 18.2 Å². The van der Waals surface area contributed by atoms with Crippen LogP contribution in [0.25, 0.3) is 10.8 Å². The first-order chi connectivity index (χ1) is 9.15. The fourth-order valence-corrected chi connectivity index (χ4v) is 2.06. The summed E-state index contributed by atoms with van der Waals surface area (Å²) in [7, 11) is 0. The second-order valence-electron chi connectivity index (χ2n) is 4.55. The minimum Gasteiger partial charge on any atom is -0.508 e. The lowest BCUT2D eigenvalue weighted by molar-refractivity contribution is 0.291. The first-order valence-corrected chi connectivity index (χ1v) is 6.73. The fourth-order valence-electron chi connectivity index (χ4n) is 2.06. The van der Waals surface area contributed by atoms with Crippen molar-refractivity contribution in [3.05, 3.63) is 35.6 Å². The highest BCUT2D eigenvalue weighted by molar-refractivity contribution is 5.92. The van der Waals surface area contributed by atoms with Crippen LogP contribution in [0, 0.1) is 12.7 Å². The molecule has 3 rings (SSSR count). The maximum Gasteiger partial charge on any atom is 0.165 e. The minimum atomic E-state index is -0.335. The number of phenolic OH excluding ortho intramolecular Hbond substituents is 1. The molecule has 2 aromatic carbocycles. The molecule has 1 aliphatic rings. The summed E-state index contributed by atoms with van der Waals surface area (Å²) < 4.78 is 19.4. The maximum atomic E-state index is 13.8.